The van der Waals surface area contributed by atoms with Gasteiger partial charge in [-0.1, -0.05) is 121 Å². The van der Waals surface area contributed by atoms with Crippen molar-refractivity contribution in [3.63, 3.8) is 0 Å². The largest absolute Gasteiger partial charge is 0.456 e. The van der Waals surface area contributed by atoms with Crippen molar-refractivity contribution in [1.82, 2.24) is 4.57 Å². The van der Waals surface area contributed by atoms with Crippen LogP contribution in [0, 0.1) is 0 Å². The molecule has 9 aromatic rings. The van der Waals surface area contributed by atoms with Gasteiger partial charge >= 0.3 is 0 Å². The maximum atomic E-state index is 6.35. The van der Waals surface area contributed by atoms with Gasteiger partial charge in [-0.2, -0.15) is 0 Å². The summed E-state index contributed by atoms with van der Waals surface area (Å²) in [5.74, 6) is 1.83. The Bertz CT molecular complexity index is 2620. The maximum Gasteiger partial charge on any atom is 0.135 e. The van der Waals surface area contributed by atoms with Crippen LogP contribution in [0.4, 0.5) is 0 Å². The van der Waals surface area contributed by atoms with E-state index in [2.05, 4.69) is 144 Å². The highest BCUT2D eigenvalue weighted by Gasteiger charge is 2.22. The Morgan fingerprint density at radius 2 is 1.09 bits per heavy atom. The predicted octanol–water partition coefficient (Wildman–Crippen LogP) is 11.7. The molecule has 0 fully saturated rings. The summed E-state index contributed by atoms with van der Waals surface area (Å²) in [5, 5.41) is 10.0. The van der Waals surface area contributed by atoms with Crippen LogP contribution in [0.5, 0.6) is 11.5 Å². The molecule has 1 aliphatic heterocycles. The first kappa shape index (κ1) is 23.7. The van der Waals surface area contributed by atoms with Gasteiger partial charge in [-0.3, -0.25) is 0 Å². The number of fused-ring (bicyclic) bond motifs is 9. The SMILES string of the molecule is c1ccc2c(c1)Oc1ccc(-c3ccc(-n4c5ccc6ccccc6c5c5ccc6ccccc6c54)cc3)c3cccc-2c13. The van der Waals surface area contributed by atoms with E-state index in [-0.39, 0.29) is 0 Å². The smallest absolute Gasteiger partial charge is 0.135 e. The number of ether oxygens (including phenoxy) is 1. The van der Waals surface area contributed by atoms with Gasteiger partial charge in [0.05, 0.1) is 11.0 Å². The van der Waals surface area contributed by atoms with E-state index in [1.165, 1.54) is 70.8 Å². The molecule has 0 N–H and O–H groups in total. The lowest BCUT2D eigenvalue weighted by Gasteiger charge is -2.22. The molecule has 0 aliphatic carbocycles. The summed E-state index contributed by atoms with van der Waals surface area (Å²) in [6, 6.07) is 54.8. The summed E-state index contributed by atoms with van der Waals surface area (Å²) < 4.78 is 8.80. The molecule has 2 heteroatoms. The fourth-order valence-corrected chi connectivity index (χ4v) is 7.44. The lowest BCUT2D eigenvalue weighted by molar-refractivity contribution is 0.487. The number of rotatable bonds is 2. The fraction of sp³-hybridized carbons (Fsp3) is 0. The molecular formula is C42H25NO. The zero-order valence-corrected chi connectivity index (χ0v) is 23.8. The van der Waals surface area contributed by atoms with Crippen LogP contribution in [0.25, 0.3) is 82.1 Å². The normalized spacial score (nSPS) is 12.3. The average molecular weight is 560 g/mol. The fourth-order valence-electron chi connectivity index (χ4n) is 7.44. The van der Waals surface area contributed by atoms with Gasteiger partial charge in [0.15, 0.2) is 0 Å². The van der Waals surface area contributed by atoms with E-state index in [1.807, 2.05) is 12.1 Å². The summed E-state index contributed by atoms with van der Waals surface area (Å²) in [6.45, 7) is 0. The van der Waals surface area contributed by atoms with E-state index in [4.69, 9.17) is 4.74 Å². The summed E-state index contributed by atoms with van der Waals surface area (Å²) in [6.07, 6.45) is 0. The van der Waals surface area contributed by atoms with Crippen LogP contribution in [0.3, 0.4) is 0 Å². The van der Waals surface area contributed by atoms with Gasteiger partial charge in [0, 0.05) is 32.8 Å². The number of hydrogen-bond donors (Lipinski definition) is 0. The highest BCUT2D eigenvalue weighted by molar-refractivity contribution is 6.26. The molecule has 0 saturated carbocycles. The van der Waals surface area contributed by atoms with Crippen molar-refractivity contribution in [2.75, 3.05) is 0 Å². The second kappa shape index (κ2) is 8.82. The zero-order valence-electron chi connectivity index (χ0n) is 23.8. The molecule has 10 rings (SSSR count). The Morgan fingerprint density at radius 3 is 1.98 bits per heavy atom. The highest BCUT2D eigenvalue weighted by atomic mass is 16.5. The van der Waals surface area contributed by atoms with Crippen LogP contribution < -0.4 is 4.74 Å². The Balaban J connectivity index is 1.20. The first-order chi connectivity index (χ1) is 21.8. The van der Waals surface area contributed by atoms with Crippen molar-refractivity contribution in [3.8, 4) is 39.4 Å². The topological polar surface area (TPSA) is 14.2 Å². The van der Waals surface area contributed by atoms with Crippen molar-refractivity contribution in [3.05, 3.63) is 152 Å². The van der Waals surface area contributed by atoms with Gasteiger partial charge in [0.1, 0.15) is 11.5 Å². The number of para-hydroxylation sites is 1. The van der Waals surface area contributed by atoms with Gasteiger partial charge in [-0.15, -0.1) is 0 Å². The molecule has 0 saturated heterocycles. The van der Waals surface area contributed by atoms with E-state index in [1.54, 1.807) is 0 Å². The molecule has 0 bridgehead atoms. The molecule has 8 aromatic carbocycles. The van der Waals surface area contributed by atoms with Gasteiger partial charge in [-0.05, 0) is 68.6 Å². The molecule has 2 heterocycles. The predicted molar refractivity (Wildman–Crippen MR) is 184 cm³/mol. The zero-order chi connectivity index (χ0) is 28.8. The summed E-state index contributed by atoms with van der Waals surface area (Å²) in [7, 11) is 0. The van der Waals surface area contributed by atoms with Crippen molar-refractivity contribution >= 4 is 54.1 Å². The van der Waals surface area contributed by atoms with E-state index in [0.717, 1.165) is 22.7 Å². The third-order valence-corrected chi connectivity index (χ3v) is 9.38. The molecule has 0 unspecified atom stereocenters. The molecule has 0 radical (unpaired) electrons. The molecule has 0 amide bonds. The quantitative estimate of drug-likeness (QED) is 0.205. The van der Waals surface area contributed by atoms with Crippen LogP contribution in [-0.4, -0.2) is 4.57 Å². The monoisotopic (exact) mass is 559 g/mol. The van der Waals surface area contributed by atoms with E-state index >= 15 is 0 Å². The first-order valence-electron chi connectivity index (χ1n) is 15.1. The Kier molecular flexibility index (Phi) is 4.75. The van der Waals surface area contributed by atoms with Crippen LogP contribution in [0.1, 0.15) is 0 Å². The summed E-state index contributed by atoms with van der Waals surface area (Å²) in [4.78, 5) is 0. The number of aromatic nitrogens is 1. The van der Waals surface area contributed by atoms with Crippen molar-refractivity contribution in [2.24, 2.45) is 0 Å². The number of benzene rings is 8. The van der Waals surface area contributed by atoms with Gasteiger partial charge in [0.2, 0.25) is 0 Å². The Hall–Kier alpha value is -5.86. The minimum absolute atomic E-state index is 0.913. The third-order valence-electron chi connectivity index (χ3n) is 9.38. The maximum absolute atomic E-state index is 6.35. The highest BCUT2D eigenvalue weighted by Crippen LogP contribution is 2.48. The minimum Gasteiger partial charge on any atom is -0.456 e. The second-order valence-corrected chi connectivity index (χ2v) is 11.7. The molecule has 44 heavy (non-hydrogen) atoms. The first-order valence-corrected chi connectivity index (χ1v) is 15.1. The van der Waals surface area contributed by atoms with Crippen molar-refractivity contribution in [1.29, 1.82) is 0 Å². The van der Waals surface area contributed by atoms with Crippen LogP contribution >= 0.6 is 0 Å². The van der Waals surface area contributed by atoms with E-state index in [9.17, 15) is 0 Å². The molecule has 1 aliphatic rings. The Labute approximate surface area is 254 Å². The Morgan fingerprint density at radius 1 is 0.386 bits per heavy atom. The molecule has 1 aromatic heterocycles. The summed E-state index contributed by atoms with van der Waals surface area (Å²) >= 11 is 0. The standard InChI is InChI=1S/C42H25NO/c1-3-10-31-26(8-1)19-24-37-40(31)36-22-18-27-9-2-4-11-32(27)42(36)43(37)29-20-16-28(17-21-29)30-23-25-39-41-34(30)13-7-14-35(41)33-12-5-6-15-38(33)44-39/h1-25H. The van der Waals surface area contributed by atoms with Gasteiger partial charge in [0.25, 0.3) is 0 Å². The summed E-state index contributed by atoms with van der Waals surface area (Å²) in [5.41, 5.74) is 8.39. The van der Waals surface area contributed by atoms with E-state index in [0.29, 0.717) is 0 Å². The van der Waals surface area contributed by atoms with Crippen LogP contribution in [0.15, 0.2) is 152 Å². The minimum atomic E-state index is 0.913. The third kappa shape index (κ3) is 3.20. The van der Waals surface area contributed by atoms with Crippen molar-refractivity contribution < 1.29 is 4.74 Å². The molecule has 204 valence electrons. The van der Waals surface area contributed by atoms with Crippen LogP contribution in [-0.2, 0) is 0 Å². The number of hydrogen-bond acceptors (Lipinski definition) is 1. The lowest BCUT2D eigenvalue weighted by Crippen LogP contribution is -1.98. The molecule has 2 nitrogen and oxygen atoms in total. The molecular weight excluding hydrogens is 534 g/mol. The van der Waals surface area contributed by atoms with Crippen LogP contribution in [0.2, 0.25) is 0 Å². The average Bonchev–Trinajstić information content (AvgIpc) is 3.44. The number of nitrogens with zero attached hydrogens (tertiary/aromatic N) is 1. The van der Waals surface area contributed by atoms with Crippen molar-refractivity contribution in [2.45, 2.75) is 0 Å². The molecule has 0 atom stereocenters. The van der Waals surface area contributed by atoms with Gasteiger partial charge < -0.3 is 9.30 Å². The lowest BCUT2D eigenvalue weighted by atomic mass is 9.90. The van der Waals surface area contributed by atoms with E-state index < -0.39 is 0 Å². The molecule has 0 spiro atoms. The van der Waals surface area contributed by atoms with Gasteiger partial charge in [-0.25, -0.2) is 0 Å². The second-order valence-electron chi connectivity index (χ2n) is 11.7.